The normalized spacial score (nSPS) is 11.6. The Balaban J connectivity index is 1.92. The summed E-state index contributed by atoms with van der Waals surface area (Å²) in [6, 6.07) is 8.65. The summed E-state index contributed by atoms with van der Waals surface area (Å²) in [5.74, 6) is 0.182. The topological polar surface area (TPSA) is 86.2 Å². The maximum Gasteiger partial charge on any atom is 0.345 e. The molecule has 148 valence electrons. The smallest absolute Gasteiger partial charge is 0.345 e. The van der Waals surface area contributed by atoms with E-state index in [0.717, 1.165) is 8.95 Å². The number of phenols is 2. The molecule has 3 N–H and O–H groups in total. The van der Waals surface area contributed by atoms with E-state index >= 15 is 0 Å². The zero-order valence-electron chi connectivity index (χ0n) is 14.5. The van der Waals surface area contributed by atoms with Crippen LogP contribution in [0.5, 0.6) is 11.5 Å². The summed E-state index contributed by atoms with van der Waals surface area (Å²) in [6.45, 7) is 0. The summed E-state index contributed by atoms with van der Waals surface area (Å²) in [7, 11) is 0. The number of nitrogens with zero attached hydrogens (tertiary/aromatic N) is 1. The molecule has 3 rings (SSSR count). The molecule has 3 aromatic rings. The van der Waals surface area contributed by atoms with Gasteiger partial charge in [0.25, 0.3) is 0 Å². The van der Waals surface area contributed by atoms with Crippen molar-refractivity contribution in [3.63, 3.8) is 0 Å². The molecular formula is C20H12Br4N2O3. The first-order valence-corrected chi connectivity index (χ1v) is 11.2. The molecule has 0 aliphatic rings. The zero-order valence-corrected chi connectivity index (χ0v) is 20.8. The van der Waals surface area contributed by atoms with Crippen LogP contribution in [0.2, 0.25) is 0 Å². The number of aromatic nitrogens is 2. The highest BCUT2D eigenvalue weighted by molar-refractivity contribution is 9.11. The van der Waals surface area contributed by atoms with Gasteiger partial charge in [0.1, 0.15) is 11.5 Å². The Labute approximate surface area is 199 Å². The van der Waals surface area contributed by atoms with Crippen LogP contribution in [-0.2, 0) is 0 Å². The van der Waals surface area contributed by atoms with Crippen molar-refractivity contribution in [2.45, 2.75) is 0 Å². The number of phenolic OH excluding ortho intramolecular Hbond substituents is 2. The maximum atomic E-state index is 11.9. The molecule has 0 radical (unpaired) electrons. The lowest BCUT2D eigenvalue weighted by Gasteiger charge is -2.04. The summed E-state index contributed by atoms with van der Waals surface area (Å²) in [6.07, 6.45) is 6.65. The fourth-order valence-electron chi connectivity index (χ4n) is 2.45. The van der Waals surface area contributed by atoms with Crippen LogP contribution >= 0.6 is 63.7 Å². The molecule has 0 aliphatic carbocycles. The Kier molecular flexibility index (Phi) is 7.15. The lowest BCUT2D eigenvalue weighted by Crippen LogP contribution is -2.12. The van der Waals surface area contributed by atoms with Gasteiger partial charge >= 0.3 is 5.69 Å². The first-order chi connectivity index (χ1) is 13.7. The minimum atomic E-state index is -0.508. The first kappa shape index (κ1) is 22.0. The van der Waals surface area contributed by atoms with Gasteiger partial charge in [0.2, 0.25) is 0 Å². The molecule has 0 saturated heterocycles. The van der Waals surface area contributed by atoms with Crippen LogP contribution in [-0.4, -0.2) is 20.2 Å². The molecular weight excluding hydrogens is 636 g/mol. The second kappa shape index (κ2) is 9.42. The van der Waals surface area contributed by atoms with Crippen molar-refractivity contribution in [3.8, 4) is 11.5 Å². The molecule has 0 bridgehead atoms. The molecule has 0 saturated carbocycles. The van der Waals surface area contributed by atoms with Crippen molar-refractivity contribution in [1.29, 1.82) is 0 Å². The summed E-state index contributed by atoms with van der Waals surface area (Å²) >= 11 is 13.3. The number of benzene rings is 2. The van der Waals surface area contributed by atoms with E-state index in [1.54, 1.807) is 54.6 Å². The number of hydrogen-bond acceptors (Lipinski definition) is 4. The third-order valence-electron chi connectivity index (χ3n) is 3.78. The minimum absolute atomic E-state index is 0.0881. The van der Waals surface area contributed by atoms with Crippen molar-refractivity contribution >= 4 is 88.0 Å². The molecule has 0 atom stereocenters. The van der Waals surface area contributed by atoms with Crippen LogP contribution in [0.15, 0.2) is 53.0 Å². The summed E-state index contributed by atoms with van der Waals surface area (Å²) in [5.41, 5.74) is 1.56. The van der Waals surface area contributed by atoms with Gasteiger partial charge in [0.05, 0.1) is 14.6 Å². The molecule has 5 nitrogen and oxygen atoms in total. The van der Waals surface area contributed by atoms with Crippen LogP contribution < -0.4 is 5.69 Å². The van der Waals surface area contributed by atoms with Crippen molar-refractivity contribution in [2.24, 2.45) is 0 Å². The standard InChI is InChI=1S/C20H12Br4N2O3/c21-12-5-10(18(27)16(23)7-12)1-3-14-9-15(26-20(29)25-14)4-2-11-6-13(22)8-17(24)19(11)28/h1-9,27-28H,(H,25,26,29). The van der Waals surface area contributed by atoms with Crippen molar-refractivity contribution in [1.82, 2.24) is 9.97 Å². The van der Waals surface area contributed by atoms with Gasteiger partial charge in [-0.1, -0.05) is 31.9 Å². The van der Waals surface area contributed by atoms with E-state index < -0.39 is 5.69 Å². The molecule has 1 heterocycles. The summed E-state index contributed by atoms with van der Waals surface area (Å²) < 4.78 is 2.70. The van der Waals surface area contributed by atoms with Gasteiger partial charge in [0, 0.05) is 25.8 Å². The summed E-state index contributed by atoms with van der Waals surface area (Å²) in [4.78, 5) is 18.5. The van der Waals surface area contributed by atoms with Crippen molar-refractivity contribution < 1.29 is 10.2 Å². The van der Waals surface area contributed by atoms with Crippen molar-refractivity contribution in [3.05, 3.63) is 81.2 Å². The number of nitrogens with one attached hydrogen (secondary N) is 1. The average molecular weight is 648 g/mol. The van der Waals surface area contributed by atoms with E-state index in [1.807, 2.05) is 0 Å². The fourth-order valence-corrected chi connectivity index (χ4v) is 4.97. The van der Waals surface area contributed by atoms with Gasteiger partial charge < -0.3 is 15.2 Å². The average Bonchev–Trinajstić information content (AvgIpc) is 2.64. The number of H-pyrrole nitrogens is 1. The number of rotatable bonds is 4. The van der Waals surface area contributed by atoms with E-state index in [0.29, 0.717) is 31.5 Å². The molecule has 0 fully saturated rings. The second-order valence-electron chi connectivity index (χ2n) is 5.88. The van der Waals surface area contributed by atoms with Gasteiger partial charge in [0.15, 0.2) is 0 Å². The SMILES string of the molecule is O=c1nc(C=Cc2cc(Br)cc(Br)c2O)cc(C=Cc2cc(Br)cc(Br)c2O)[nH]1. The van der Waals surface area contributed by atoms with E-state index in [-0.39, 0.29) is 11.5 Å². The van der Waals surface area contributed by atoms with Gasteiger partial charge in [-0.3, -0.25) is 0 Å². The predicted octanol–water partition coefficient (Wildman–Crippen LogP) is 6.57. The third kappa shape index (κ3) is 5.69. The number of aromatic amines is 1. The molecule has 9 heteroatoms. The monoisotopic (exact) mass is 644 g/mol. The minimum Gasteiger partial charge on any atom is -0.506 e. The number of halogens is 4. The highest BCUT2D eigenvalue weighted by Gasteiger charge is 2.06. The van der Waals surface area contributed by atoms with E-state index in [1.165, 1.54) is 0 Å². The van der Waals surface area contributed by atoms with Gasteiger partial charge in [-0.15, -0.1) is 0 Å². The Hall–Kier alpha value is -1.68. The molecule has 0 aliphatic heterocycles. The van der Waals surface area contributed by atoms with Gasteiger partial charge in [-0.05, 0) is 86.5 Å². The quantitative estimate of drug-likeness (QED) is 0.299. The van der Waals surface area contributed by atoms with E-state index in [2.05, 4.69) is 73.7 Å². The first-order valence-electron chi connectivity index (χ1n) is 8.06. The van der Waals surface area contributed by atoms with Crippen molar-refractivity contribution in [2.75, 3.05) is 0 Å². The number of hydrogen-bond donors (Lipinski definition) is 3. The molecule has 1 aromatic heterocycles. The van der Waals surface area contributed by atoms with E-state index in [4.69, 9.17) is 0 Å². The van der Waals surface area contributed by atoms with Gasteiger partial charge in [-0.2, -0.15) is 4.98 Å². The highest BCUT2D eigenvalue weighted by atomic mass is 79.9. The van der Waals surface area contributed by atoms with Crippen LogP contribution in [0.1, 0.15) is 22.5 Å². The fraction of sp³-hybridized carbons (Fsp3) is 0. The second-order valence-corrected chi connectivity index (χ2v) is 9.42. The lowest BCUT2D eigenvalue weighted by molar-refractivity contribution is 0.470. The zero-order chi connectivity index (χ0) is 21.1. The Morgan fingerprint density at radius 1 is 0.759 bits per heavy atom. The maximum absolute atomic E-state index is 11.9. The lowest BCUT2D eigenvalue weighted by atomic mass is 10.1. The summed E-state index contributed by atoms with van der Waals surface area (Å²) in [5, 5.41) is 20.3. The van der Waals surface area contributed by atoms with Crippen LogP contribution in [0.3, 0.4) is 0 Å². The van der Waals surface area contributed by atoms with Crippen LogP contribution in [0.4, 0.5) is 0 Å². The van der Waals surface area contributed by atoms with E-state index in [9.17, 15) is 15.0 Å². The van der Waals surface area contributed by atoms with Crippen LogP contribution in [0.25, 0.3) is 24.3 Å². The Bertz CT molecular complexity index is 1110. The number of aromatic hydroxyl groups is 2. The predicted molar refractivity (Wildman–Crippen MR) is 130 cm³/mol. The third-order valence-corrected chi connectivity index (χ3v) is 5.90. The van der Waals surface area contributed by atoms with Crippen LogP contribution in [0, 0.1) is 0 Å². The Morgan fingerprint density at radius 3 is 1.83 bits per heavy atom. The molecule has 29 heavy (non-hydrogen) atoms. The molecule has 2 aromatic carbocycles. The Morgan fingerprint density at radius 2 is 1.28 bits per heavy atom. The molecule has 0 amide bonds. The molecule has 0 spiro atoms. The van der Waals surface area contributed by atoms with Gasteiger partial charge in [-0.25, -0.2) is 4.79 Å². The highest BCUT2D eigenvalue weighted by Crippen LogP contribution is 2.33. The largest absolute Gasteiger partial charge is 0.506 e. The molecule has 0 unspecified atom stereocenters.